The second-order valence-electron chi connectivity index (χ2n) is 10.2. The summed E-state index contributed by atoms with van der Waals surface area (Å²) in [6.07, 6.45) is 2.46. The van der Waals surface area contributed by atoms with E-state index in [9.17, 15) is 9.59 Å². The van der Waals surface area contributed by atoms with Gasteiger partial charge in [0.25, 0.3) is 5.91 Å². The Morgan fingerprint density at radius 1 is 0.950 bits per heavy atom. The van der Waals surface area contributed by atoms with Gasteiger partial charge in [-0.15, -0.1) is 0 Å². The fraction of sp³-hybridized carbons (Fsp3) is 0.281. The van der Waals surface area contributed by atoms with Crippen LogP contribution in [0.3, 0.4) is 0 Å². The summed E-state index contributed by atoms with van der Waals surface area (Å²) in [5.41, 5.74) is 4.83. The predicted molar refractivity (Wildman–Crippen MR) is 149 cm³/mol. The summed E-state index contributed by atoms with van der Waals surface area (Å²) in [4.78, 5) is 27.8. The number of aryl methyl sites for hydroxylation is 2. The average molecular weight is 538 g/mol. The van der Waals surface area contributed by atoms with Gasteiger partial charge in [0.05, 0.1) is 18.3 Å². The molecule has 9 rings (SSSR count). The summed E-state index contributed by atoms with van der Waals surface area (Å²) in [7, 11) is 0. The first kappa shape index (κ1) is 25.7. The number of aromatic nitrogens is 1. The Bertz CT molecular complexity index is 1530. The first-order valence-electron chi connectivity index (χ1n) is 13.7. The number of nitrogens with one attached hydrogen (secondary N) is 1. The number of hydrogen-bond acceptors (Lipinski definition) is 6. The van der Waals surface area contributed by atoms with E-state index in [4.69, 9.17) is 14.0 Å². The van der Waals surface area contributed by atoms with Gasteiger partial charge in [-0.2, -0.15) is 0 Å². The molecule has 8 heteroatoms. The lowest BCUT2D eigenvalue weighted by atomic mass is 9.87. The Hall–Kier alpha value is -4.59. The van der Waals surface area contributed by atoms with Gasteiger partial charge in [0, 0.05) is 25.6 Å². The first-order valence-corrected chi connectivity index (χ1v) is 13.7. The lowest BCUT2D eigenvalue weighted by Crippen LogP contribution is -2.40. The van der Waals surface area contributed by atoms with Crippen LogP contribution in [-0.4, -0.2) is 41.6 Å². The van der Waals surface area contributed by atoms with Crippen molar-refractivity contribution in [1.82, 2.24) is 15.4 Å². The SMILES string of the molecule is Cc1cc(C(=O)N2CCc3cc4ccc3C2c2cccc(c2)OCCCNC(=O)CCc2ccc(cc2)O4)on1. The number of amides is 2. The van der Waals surface area contributed by atoms with Gasteiger partial charge in [0.1, 0.15) is 17.2 Å². The van der Waals surface area contributed by atoms with Crippen molar-refractivity contribution in [1.29, 1.82) is 0 Å². The third-order valence-corrected chi connectivity index (χ3v) is 7.33. The van der Waals surface area contributed by atoms with E-state index >= 15 is 0 Å². The predicted octanol–water partition coefficient (Wildman–Crippen LogP) is 5.39. The van der Waals surface area contributed by atoms with Gasteiger partial charge in [0.2, 0.25) is 11.7 Å². The van der Waals surface area contributed by atoms with Gasteiger partial charge >= 0.3 is 0 Å². The van der Waals surface area contributed by atoms with Crippen LogP contribution in [0.5, 0.6) is 17.2 Å². The molecular weight excluding hydrogens is 506 g/mol. The zero-order valence-corrected chi connectivity index (χ0v) is 22.4. The van der Waals surface area contributed by atoms with Gasteiger partial charge in [-0.25, -0.2) is 0 Å². The molecule has 0 aliphatic carbocycles. The quantitative estimate of drug-likeness (QED) is 0.350. The topological polar surface area (TPSA) is 93.9 Å². The molecule has 0 saturated carbocycles. The van der Waals surface area contributed by atoms with Crippen molar-refractivity contribution in [3.05, 3.63) is 107 Å². The van der Waals surface area contributed by atoms with Gasteiger partial charge in [-0.05, 0) is 84.8 Å². The van der Waals surface area contributed by atoms with E-state index in [1.807, 2.05) is 65.6 Å². The molecule has 8 bridgehead atoms. The minimum Gasteiger partial charge on any atom is -0.494 e. The van der Waals surface area contributed by atoms with Crippen molar-refractivity contribution in [2.45, 2.75) is 38.6 Å². The molecule has 4 aromatic rings. The van der Waals surface area contributed by atoms with Crippen molar-refractivity contribution in [2.24, 2.45) is 0 Å². The highest BCUT2D eigenvalue weighted by Crippen LogP contribution is 2.39. The van der Waals surface area contributed by atoms with Gasteiger partial charge in [0.15, 0.2) is 0 Å². The van der Waals surface area contributed by atoms with Crippen molar-refractivity contribution in [3.8, 4) is 17.2 Å². The molecule has 0 saturated heterocycles. The number of benzene rings is 3. The third kappa shape index (κ3) is 5.57. The molecule has 5 aliphatic heterocycles. The van der Waals surface area contributed by atoms with Crippen LogP contribution in [0.4, 0.5) is 0 Å². The summed E-state index contributed by atoms with van der Waals surface area (Å²) >= 11 is 0. The highest BCUT2D eigenvalue weighted by atomic mass is 16.5. The molecule has 0 radical (unpaired) electrons. The number of nitrogens with zero attached hydrogens (tertiary/aromatic N) is 2. The maximum atomic E-state index is 13.6. The smallest absolute Gasteiger partial charge is 0.293 e. The summed E-state index contributed by atoms with van der Waals surface area (Å²) in [6, 6.07) is 23.1. The van der Waals surface area contributed by atoms with Crippen molar-refractivity contribution < 1.29 is 23.6 Å². The first-order chi connectivity index (χ1) is 19.5. The molecule has 8 nitrogen and oxygen atoms in total. The van der Waals surface area contributed by atoms with Gasteiger partial charge in [-0.1, -0.05) is 35.5 Å². The van der Waals surface area contributed by atoms with Crippen LogP contribution in [0.2, 0.25) is 0 Å². The Kier molecular flexibility index (Phi) is 7.23. The van der Waals surface area contributed by atoms with E-state index in [0.29, 0.717) is 56.8 Å². The maximum absolute atomic E-state index is 13.6. The van der Waals surface area contributed by atoms with E-state index < -0.39 is 0 Å². The molecular formula is C32H31N3O5. The normalized spacial score (nSPS) is 17.4. The summed E-state index contributed by atoms with van der Waals surface area (Å²) in [6.45, 7) is 3.32. The van der Waals surface area contributed by atoms with Gasteiger partial charge in [-0.3, -0.25) is 9.59 Å². The third-order valence-electron chi connectivity index (χ3n) is 7.33. The number of rotatable bonds is 1. The number of carbonyl (C=O) groups excluding carboxylic acids is 2. The zero-order valence-electron chi connectivity index (χ0n) is 22.4. The van der Waals surface area contributed by atoms with Crippen LogP contribution in [-0.2, 0) is 17.6 Å². The number of carbonyl (C=O) groups is 2. The highest BCUT2D eigenvalue weighted by molar-refractivity contribution is 5.92. The molecule has 1 aromatic heterocycles. The monoisotopic (exact) mass is 537 g/mol. The minimum atomic E-state index is -0.341. The molecule has 0 fully saturated rings. The highest BCUT2D eigenvalue weighted by Gasteiger charge is 2.34. The molecule has 3 aromatic carbocycles. The Morgan fingerprint density at radius 2 is 1.80 bits per heavy atom. The molecule has 5 aliphatic rings. The summed E-state index contributed by atoms with van der Waals surface area (Å²) in [5, 5.41) is 6.90. The standard InChI is InChI=1S/C32H31N3O5/c1-21-18-29(40-34-21)32(37)35-16-14-23-19-27-11-12-28(23)31(35)24-4-2-5-26(20-24)38-17-3-15-33-30(36)13-8-22-6-9-25(39-27)10-7-22/h2,4-7,9-12,18-20,31H,3,8,13-17H2,1H3,(H,33,36). The van der Waals surface area contributed by atoms with E-state index in [1.54, 1.807) is 13.0 Å². The zero-order chi connectivity index (χ0) is 27.5. The lowest BCUT2D eigenvalue weighted by molar-refractivity contribution is -0.121. The molecule has 0 spiro atoms. The van der Waals surface area contributed by atoms with E-state index in [-0.39, 0.29) is 23.6 Å². The molecule has 40 heavy (non-hydrogen) atoms. The van der Waals surface area contributed by atoms with Crippen molar-refractivity contribution in [3.63, 3.8) is 0 Å². The molecule has 204 valence electrons. The maximum Gasteiger partial charge on any atom is 0.293 e. The summed E-state index contributed by atoms with van der Waals surface area (Å²) < 4.78 is 17.6. The minimum absolute atomic E-state index is 0.0218. The van der Waals surface area contributed by atoms with Crippen LogP contribution in [0.1, 0.15) is 57.4 Å². The van der Waals surface area contributed by atoms with E-state index in [0.717, 1.165) is 33.8 Å². The van der Waals surface area contributed by atoms with Crippen LogP contribution in [0.25, 0.3) is 0 Å². The van der Waals surface area contributed by atoms with E-state index in [2.05, 4.69) is 16.5 Å². The lowest BCUT2D eigenvalue weighted by Gasteiger charge is -2.37. The van der Waals surface area contributed by atoms with Crippen LogP contribution < -0.4 is 14.8 Å². The molecule has 1 unspecified atom stereocenters. The molecule has 2 amide bonds. The largest absolute Gasteiger partial charge is 0.494 e. The summed E-state index contributed by atoms with van der Waals surface area (Å²) in [5.74, 6) is 2.22. The van der Waals surface area contributed by atoms with E-state index in [1.165, 1.54) is 0 Å². The van der Waals surface area contributed by atoms with Crippen LogP contribution in [0, 0.1) is 6.92 Å². The molecule has 1 atom stereocenters. The van der Waals surface area contributed by atoms with Crippen LogP contribution in [0.15, 0.2) is 77.3 Å². The average Bonchev–Trinajstić information content (AvgIpc) is 3.41. The van der Waals surface area contributed by atoms with Crippen molar-refractivity contribution >= 4 is 11.8 Å². The molecule has 1 N–H and O–H groups in total. The number of hydrogen-bond donors (Lipinski definition) is 1. The van der Waals surface area contributed by atoms with Crippen molar-refractivity contribution in [2.75, 3.05) is 19.7 Å². The Labute approximate surface area is 232 Å². The molecule has 6 heterocycles. The Balaban J connectivity index is 1.37. The van der Waals surface area contributed by atoms with Gasteiger partial charge < -0.3 is 24.2 Å². The fourth-order valence-electron chi connectivity index (χ4n) is 5.32. The fourth-order valence-corrected chi connectivity index (χ4v) is 5.32. The second-order valence-corrected chi connectivity index (χ2v) is 10.2. The second kappa shape index (κ2) is 11.3. The number of ether oxygens (including phenoxy) is 2. The van der Waals surface area contributed by atoms with Crippen LogP contribution >= 0.6 is 0 Å². The Morgan fingerprint density at radius 3 is 2.62 bits per heavy atom.